The summed E-state index contributed by atoms with van der Waals surface area (Å²) in [5, 5.41) is 10.1. The molecule has 0 aliphatic carbocycles. The number of likely N-dealkylation sites (N-methyl/N-ethyl adjacent to an activating group) is 1. The van der Waals surface area contributed by atoms with Crippen LogP contribution in [0.4, 0.5) is 0 Å². The molecule has 8 heteroatoms. The van der Waals surface area contributed by atoms with Crippen molar-refractivity contribution in [3.05, 3.63) is 112 Å². The highest BCUT2D eigenvalue weighted by Crippen LogP contribution is 2.33. The number of aliphatic imine (C=N–C) groups is 1. The summed E-state index contributed by atoms with van der Waals surface area (Å²) in [6.45, 7) is 5.61. The van der Waals surface area contributed by atoms with Crippen molar-refractivity contribution in [1.82, 2.24) is 24.6 Å². The second kappa shape index (κ2) is 11.4. The van der Waals surface area contributed by atoms with Gasteiger partial charge in [0, 0.05) is 48.9 Å². The van der Waals surface area contributed by atoms with Crippen molar-refractivity contribution in [2.45, 2.75) is 12.5 Å². The molecule has 1 aromatic heterocycles. The van der Waals surface area contributed by atoms with E-state index in [1.165, 1.54) is 5.56 Å². The number of hydrogen-bond acceptors (Lipinski definition) is 5. The Bertz CT molecular complexity index is 1380. The predicted molar refractivity (Wildman–Crippen MR) is 160 cm³/mol. The molecule has 0 spiro atoms. The molecule has 6 rings (SSSR count). The largest absolute Gasteiger partial charge is 0.304 e. The first-order chi connectivity index (χ1) is 17.7. The zero-order valence-corrected chi connectivity index (χ0v) is 23.9. The Morgan fingerprint density at radius 1 is 0.865 bits per heavy atom. The summed E-state index contributed by atoms with van der Waals surface area (Å²) in [6, 6.07) is 27.0. The molecule has 4 aromatic rings. The monoisotopic (exact) mass is 624 g/mol. The van der Waals surface area contributed by atoms with Crippen molar-refractivity contribution in [1.29, 1.82) is 0 Å². The van der Waals surface area contributed by atoms with Crippen LogP contribution in [-0.2, 0) is 6.54 Å². The molecule has 3 heterocycles. The summed E-state index contributed by atoms with van der Waals surface area (Å²) < 4.78 is 2.22. The van der Waals surface area contributed by atoms with E-state index in [0.29, 0.717) is 11.6 Å². The number of nitrogens with zero attached hydrogens (tertiary/aromatic N) is 6. The first kappa shape index (κ1) is 26.0. The molecule has 0 bridgehead atoms. The molecule has 1 fully saturated rings. The number of fused-ring (bicyclic) bond motifs is 3. The van der Waals surface area contributed by atoms with E-state index in [1.54, 1.807) is 0 Å². The lowest BCUT2D eigenvalue weighted by molar-refractivity contribution is 0.149. The van der Waals surface area contributed by atoms with Crippen LogP contribution in [0, 0.1) is 0 Å². The Labute approximate surface area is 240 Å². The lowest BCUT2D eigenvalue weighted by atomic mass is 9.96. The van der Waals surface area contributed by atoms with Crippen LogP contribution in [-0.4, -0.2) is 70.0 Å². The fourth-order valence-corrected chi connectivity index (χ4v) is 5.37. The Kier molecular flexibility index (Phi) is 8.04. The third-order valence-corrected chi connectivity index (χ3v) is 7.42. The minimum atomic E-state index is 0. The highest BCUT2D eigenvalue weighted by atomic mass is 127. The summed E-state index contributed by atoms with van der Waals surface area (Å²) >= 11 is 6.52. The van der Waals surface area contributed by atoms with Gasteiger partial charge in [-0.15, -0.1) is 34.2 Å². The van der Waals surface area contributed by atoms with Gasteiger partial charge in [0.25, 0.3) is 0 Å². The highest BCUT2D eigenvalue weighted by molar-refractivity contribution is 14.0. The van der Waals surface area contributed by atoms with E-state index >= 15 is 0 Å². The second-order valence-electron chi connectivity index (χ2n) is 9.57. The molecule has 0 N–H and O–H groups in total. The van der Waals surface area contributed by atoms with Crippen LogP contribution >= 0.6 is 35.6 Å². The molecule has 1 saturated heterocycles. The predicted octanol–water partition coefficient (Wildman–Crippen LogP) is 5.27. The molecule has 37 heavy (non-hydrogen) atoms. The smallest absolute Gasteiger partial charge is 0.159 e. The molecular formula is C29H30ClIN6. The maximum atomic E-state index is 6.52. The number of aromatic nitrogens is 3. The minimum Gasteiger partial charge on any atom is -0.304 e. The summed E-state index contributed by atoms with van der Waals surface area (Å²) in [6.07, 6.45) is 0. The first-order valence-corrected chi connectivity index (χ1v) is 12.9. The Balaban J connectivity index is 0.00000280. The molecule has 0 radical (unpaired) electrons. The van der Waals surface area contributed by atoms with E-state index in [1.807, 2.05) is 30.3 Å². The van der Waals surface area contributed by atoms with Gasteiger partial charge in [-0.05, 0) is 30.8 Å². The van der Waals surface area contributed by atoms with E-state index < -0.39 is 0 Å². The molecule has 6 nitrogen and oxygen atoms in total. The Morgan fingerprint density at radius 2 is 1.57 bits per heavy atom. The van der Waals surface area contributed by atoms with Crippen LogP contribution in [0.1, 0.15) is 34.3 Å². The fourth-order valence-electron chi connectivity index (χ4n) is 5.20. The van der Waals surface area contributed by atoms with Gasteiger partial charge in [0.05, 0.1) is 17.3 Å². The van der Waals surface area contributed by atoms with Crippen molar-refractivity contribution in [2.24, 2.45) is 4.99 Å². The van der Waals surface area contributed by atoms with Crippen molar-refractivity contribution in [2.75, 3.05) is 39.8 Å². The molecule has 0 saturated carbocycles. The fraction of sp³-hybridized carbons (Fsp3) is 0.276. The molecule has 3 aromatic carbocycles. The average Bonchev–Trinajstić information content (AvgIpc) is 3.26. The molecule has 2 aliphatic rings. The lowest BCUT2D eigenvalue weighted by Crippen LogP contribution is -2.46. The molecule has 0 amide bonds. The highest BCUT2D eigenvalue weighted by Gasteiger charge is 2.30. The van der Waals surface area contributed by atoms with E-state index in [0.717, 1.165) is 66.9 Å². The van der Waals surface area contributed by atoms with Gasteiger partial charge in [0.1, 0.15) is 12.4 Å². The molecule has 1 unspecified atom stereocenters. The van der Waals surface area contributed by atoms with E-state index in [4.69, 9.17) is 21.7 Å². The molecular weight excluding hydrogens is 595 g/mol. The van der Waals surface area contributed by atoms with Gasteiger partial charge in [0.15, 0.2) is 5.82 Å². The molecule has 1 atom stereocenters. The third-order valence-electron chi connectivity index (χ3n) is 7.19. The Hall–Kier alpha value is -2.59. The minimum absolute atomic E-state index is 0. The second-order valence-corrected chi connectivity index (χ2v) is 10.0. The number of piperazine rings is 1. The van der Waals surface area contributed by atoms with Crippen LogP contribution in [0.2, 0.25) is 5.02 Å². The van der Waals surface area contributed by atoms with Gasteiger partial charge in [-0.25, -0.2) is 0 Å². The van der Waals surface area contributed by atoms with Crippen molar-refractivity contribution < 1.29 is 0 Å². The Morgan fingerprint density at radius 3 is 2.30 bits per heavy atom. The molecule has 190 valence electrons. The molecule has 2 aliphatic heterocycles. The van der Waals surface area contributed by atoms with Crippen LogP contribution in [0.3, 0.4) is 0 Å². The normalized spacial score (nSPS) is 16.6. The lowest BCUT2D eigenvalue weighted by Gasteiger charge is -2.34. The van der Waals surface area contributed by atoms with Gasteiger partial charge in [-0.2, -0.15) is 0 Å². The zero-order chi connectivity index (χ0) is 24.5. The van der Waals surface area contributed by atoms with E-state index in [-0.39, 0.29) is 29.9 Å². The van der Waals surface area contributed by atoms with Gasteiger partial charge >= 0.3 is 0 Å². The number of hydrogen-bond donors (Lipinski definition) is 0. The summed E-state index contributed by atoms with van der Waals surface area (Å²) in [7, 11) is 2.19. The van der Waals surface area contributed by atoms with Crippen molar-refractivity contribution >= 4 is 41.3 Å². The van der Waals surface area contributed by atoms with Crippen LogP contribution in [0.25, 0.3) is 5.69 Å². The standard InChI is InChI=1S/C29H29ClN6.HI/c1-34-14-16-35(17-15-34)20-25(21-8-4-2-5-9-21)29-33-32-27-19-31-28(22-10-6-3-7-11-22)24-18-23(30)12-13-26(24)36(27)29;/h2-13,18,25H,14-17,19-20H2,1H3;1H. The SMILES string of the molecule is CN1CCN(CC(c2ccccc2)c2nnc3n2-c2ccc(Cl)cc2C(c2ccccc2)=NC3)CC1.I. The van der Waals surface area contributed by atoms with Gasteiger partial charge in [0.2, 0.25) is 0 Å². The summed E-state index contributed by atoms with van der Waals surface area (Å²) in [5.41, 5.74) is 5.27. The van der Waals surface area contributed by atoms with Crippen molar-refractivity contribution in [3.63, 3.8) is 0 Å². The number of rotatable bonds is 5. The van der Waals surface area contributed by atoms with Gasteiger partial charge in [-0.3, -0.25) is 14.5 Å². The van der Waals surface area contributed by atoms with E-state index in [9.17, 15) is 0 Å². The quantitative estimate of drug-likeness (QED) is 0.284. The third kappa shape index (κ3) is 5.36. The zero-order valence-electron chi connectivity index (χ0n) is 20.8. The number of halogens is 2. The van der Waals surface area contributed by atoms with E-state index in [2.05, 4.69) is 75.0 Å². The van der Waals surface area contributed by atoms with Crippen LogP contribution in [0.15, 0.2) is 83.9 Å². The number of benzene rings is 3. The van der Waals surface area contributed by atoms with Crippen LogP contribution < -0.4 is 0 Å². The van der Waals surface area contributed by atoms with Crippen molar-refractivity contribution in [3.8, 4) is 5.69 Å². The summed E-state index contributed by atoms with van der Waals surface area (Å²) in [4.78, 5) is 9.94. The van der Waals surface area contributed by atoms with Gasteiger partial charge in [-0.1, -0.05) is 72.3 Å². The maximum absolute atomic E-state index is 6.52. The van der Waals surface area contributed by atoms with Crippen LogP contribution in [0.5, 0.6) is 0 Å². The van der Waals surface area contributed by atoms with Gasteiger partial charge < -0.3 is 4.90 Å². The summed E-state index contributed by atoms with van der Waals surface area (Å²) in [5.74, 6) is 1.87. The maximum Gasteiger partial charge on any atom is 0.159 e. The first-order valence-electron chi connectivity index (χ1n) is 12.5. The topological polar surface area (TPSA) is 49.6 Å². The average molecular weight is 625 g/mol.